The van der Waals surface area contributed by atoms with E-state index in [9.17, 15) is 8.42 Å². The summed E-state index contributed by atoms with van der Waals surface area (Å²) in [6.07, 6.45) is 6.56. The van der Waals surface area contributed by atoms with E-state index in [1.54, 1.807) is 23.0 Å². The van der Waals surface area contributed by atoms with Gasteiger partial charge in [0.25, 0.3) is 10.0 Å². The maximum atomic E-state index is 12.9. The molecule has 1 N–H and O–H groups in total. The van der Waals surface area contributed by atoms with Gasteiger partial charge in [0, 0.05) is 49.0 Å². The Morgan fingerprint density at radius 2 is 2.14 bits per heavy atom. The Morgan fingerprint density at radius 3 is 2.86 bits per heavy atom. The molecular formula is C18H22N6O2S2. The third kappa shape index (κ3) is 3.94. The molecule has 0 radical (unpaired) electrons. The molecule has 0 bridgehead atoms. The predicted molar refractivity (Wildman–Crippen MR) is 108 cm³/mol. The van der Waals surface area contributed by atoms with E-state index in [2.05, 4.69) is 15.3 Å². The molecule has 28 heavy (non-hydrogen) atoms. The molecule has 0 saturated carbocycles. The first-order chi connectivity index (χ1) is 13.4. The lowest BCUT2D eigenvalue weighted by atomic mass is 9.96. The zero-order chi connectivity index (χ0) is 19.7. The molecule has 1 saturated heterocycles. The van der Waals surface area contributed by atoms with E-state index in [4.69, 9.17) is 4.98 Å². The average molecular weight is 419 g/mol. The van der Waals surface area contributed by atoms with Crippen LogP contribution in [-0.2, 0) is 17.1 Å². The van der Waals surface area contributed by atoms with Crippen molar-refractivity contribution in [3.8, 4) is 0 Å². The minimum atomic E-state index is -3.59. The van der Waals surface area contributed by atoms with Crippen molar-refractivity contribution in [3.63, 3.8) is 0 Å². The highest BCUT2D eigenvalue weighted by molar-refractivity contribution is 7.89. The number of rotatable bonds is 5. The van der Waals surface area contributed by atoms with Crippen LogP contribution in [0.1, 0.15) is 29.3 Å². The normalized spacial score (nSPS) is 18.3. The number of aryl methyl sites for hydroxylation is 2. The highest BCUT2D eigenvalue weighted by Crippen LogP contribution is 2.30. The SMILES string of the molecule is Cc1cnc(Nc2cccc(C3CCCN(S(=O)(=O)c4cn(C)cn4)C3)n2)s1. The van der Waals surface area contributed by atoms with E-state index in [1.165, 1.54) is 16.8 Å². The van der Waals surface area contributed by atoms with Crippen LogP contribution < -0.4 is 5.32 Å². The van der Waals surface area contributed by atoms with Crippen LogP contribution in [0.25, 0.3) is 0 Å². The van der Waals surface area contributed by atoms with E-state index in [-0.39, 0.29) is 10.9 Å². The molecule has 148 valence electrons. The smallest absolute Gasteiger partial charge is 0.262 e. The molecule has 1 unspecified atom stereocenters. The lowest BCUT2D eigenvalue weighted by molar-refractivity contribution is 0.312. The number of imidazole rings is 1. The van der Waals surface area contributed by atoms with Crippen LogP contribution in [0.3, 0.4) is 0 Å². The summed E-state index contributed by atoms with van der Waals surface area (Å²) >= 11 is 1.57. The summed E-state index contributed by atoms with van der Waals surface area (Å²) in [6, 6.07) is 5.79. The van der Waals surface area contributed by atoms with Crippen molar-refractivity contribution in [2.75, 3.05) is 18.4 Å². The fourth-order valence-corrected chi connectivity index (χ4v) is 5.49. The van der Waals surface area contributed by atoms with Gasteiger partial charge in [0.2, 0.25) is 0 Å². The maximum Gasteiger partial charge on any atom is 0.262 e. The first kappa shape index (κ1) is 19.0. The molecule has 8 nitrogen and oxygen atoms in total. The first-order valence-corrected chi connectivity index (χ1v) is 11.3. The van der Waals surface area contributed by atoms with Crippen molar-refractivity contribution in [1.29, 1.82) is 0 Å². The fraction of sp³-hybridized carbons (Fsp3) is 0.389. The number of sulfonamides is 1. The highest BCUT2D eigenvalue weighted by atomic mass is 32.2. The van der Waals surface area contributed by atoms with E-state index in [1.807, 2.05) is 31.3 Å². The van der Waals surface area contributed by atoms with Crippen LogP contribution in [0.4, 0.5) is 10.9 Å². The second-order valence-corrected chi connectivity index (χ2v) is 10.0. The lowest BCUT2D eigenvalue weighted by Gasteiger charge is -2.31. The van der Waals surface area contributed by atoms with E-state index in [0.29, 0.717) is 13.1 Å². The number of piperidine rings is 1. The molecule has 3 aromatic rings. The van der Waals surface area contributed by atoms with Crippen LogP contribution in [0.2, 0.25) is 0 Å². The maximum absolute atomic E-state index is 12.9. The number of thiazole rings is 1. The predicted octanol–water partition coefficient (Wildman–Crippen LogP) is 2.89. The number of aromatic nitrogens is 4. The molecule has 4 heterocycles. The number of anilines is 2. The lowest BCUT2D eigenvalue weighted by Crippen LogP contribution is -2.39. The monoisotopic (exact) mass is 418 g/mol. The molecule has 1 fully saturated rings. The summed E-state index contributed by atoms with van der Waals surface area (Å²) < 4.78 is 29.0. The summed E-state index contributed by atoms with van der Waals surface area (Å²) in [5.74, 6) is 0.767. The van der Waals surface area contributed by atoms with Gasteiger partial charge < -0.3 is 9.88 Å². The molecule has 1 aliphatic rings. The Labute approximate surface area is 168 Å². The second-order valence-electron chi connectivity index (χ2n) is 6.93. The van der Waals surface area contributed by atoms with Crippen molar-refractivity contribution < 1.29 is 8.42 Å². The molecule has 10 heteroatoms. The third-order valence-corrected chi connectivity index (χ3v) is 7.29. The van der Waals surface area contributed by atoms with Crippen LogP contribution in [0, 0.1) is 6.92 Å². The molecule has 0 aromatic carbocycles. The topological polar surface area (TPSA) is 93.0 Å². The average Bonchev–Trinajstić information content (AvgIpc) is 3.31. The van der Waals surface area contributed by atoms with Gasteiger partial charge in [-0.05, 0) is 31.9 Å². The quantitative estimate of drug-likeness (QED) is 0.685. The molecular weight excluding hydrogens is 396 g/mol. The fourth-order valence-electron chi connectivity index (χ4n) is 3.33. The number of hydrogen-bond donors (Lipinski definition) is 1. The highest BCUT2D eigenvalue weighted by Gasteiger charge is 2.32. The Bertz CT molecular complexity index is 1080. The summed E-state index contributed by atoms with van der Waals surface area (Å²) in [6.45, 7) is 2.92. The van der Waals surface area contributed by atoms with Crippen LogP contribution in [0.5, 0.6) is 0 Å². The first-order valence-electron chi connectivity index (χ1n) is 9.06. The minimum Gasteiger partial charge on any atom is -0.339 e. The Kier molecular flexibility index (Phi) is 5.17. The summed E-state index contributed by atoms with van der Waals surface area (Å²) in [5.41, 5.74) is 0.888. The molecule has 0 spiro atoms. The van der Waals surface area contributed by atoms with Crippen LogP contribution in [-0.4, -0.2) is 45.3 Å². The second kappa shape index (κ2) is 7.61. The molecule has 0 amide bonds. The van der Waals surface area contributed by atoms with Crippen LogP contribution in [0.15, 0.2) is 41.9 Å². The van der Waals surface area contributed by atoms with Crippen LogP contribution >= 0.6 is 11.3 Å². The van der Waals surface area contributed by atoms with Gasteiger partial charge in [-0.3, -0.25) is 0 Å². The van der Waals surface area contributed by atoms with Gasteiger partial charge in [0.15, 0.2) is 10.2 Å². The van der Waals surface area contributed by atoms with Gasteiger partial charge in [0.05, 0.1) is 6.33 Å². The van der Waals surface area contributed by atoms with E-state index >= 15 is 0 Å². The Morgan fingerprint density at radius 1 is 1.29 bits per heavy atom. The standard InChI is InChI=1S/C18H22N6O2S2/c1-13-9-19-18(27-13)22-16-7-3-6-15(21-16)14-5-4-8-24(10-14)28(25,26)17-11-23(2)12-20-17/h3,6-7,9,11-12,14H,4-5,8,10H2,1-2H3,(H,19,21,22). The van der Waals surface area contributed by atoms with Gasteiger partial charge in [-0.25, -0.2) is 23.4 Å². The molecule has 4 rings (SSSR count). The number of nitrogens with one attached hydrogen (secondary N) is 1. The van der Waals surface area contributed by atoms with Gasteiger partial charge in [0.1, 0.15) is 5.82 Å². The Hall–Kier alpha value is -2.30. The van der Waals surface area contributed by atoms with Crippen molar-refractivity contribution in [1.82, 2.24) is 23.8 Å². The molecule has 1 atom stereocenters. The zero-order valence-electron chi connectivity index (χ0n) is 15.7. The van der Waals surface area contributed by atoms with Crippen molar-refractivity contribution in [3.05, 3.63) is 47.5 Å². The molecule has 3 aromatic heterocycles. The largest absolute Gasteiger partial charge is 0.339 e. The third-order valence-electron chi connectivity index (χ3n) is 4.71. The summed E-state index contributed by atoms with van der Waals surface area (Å²) in [7, 11) is -1.83. The van der Waals surface area contributed by atoms with E-state index < -0.39 is 10.0 Å². The minimum absolute atomic E-state index is 0.0482. The Balaban J connectivity index is 1.52. The van der Waals surface area contributed by atoms with Crippen molar-refractivity contribution in [2.24, 2.45) is 7.05 Å². The number of nitrogens with zero attached hydrogens (tertiary/aromatic N) is 5. The van der Waals surface area contributed by atoms with Crippen molar-refractivity contribution >= 4 is 32.3 Å². The summed E-state index contributed by atoms with van der Waals surface area (Å²) in [4.78, 5) is 14.2. The molecule has 1 aliphatic heterocycles. The number of hydrogen-bond acceptors (Lipinski definition) is 7. The van der Waals surface area contributed by atoms with E-state index in [0.717, 1.165) is 34.4 Å². The van der Waals surface area contributed by atoms with Gasteiger partial charge in [-0.1, -0.05) is 6.07 Å². The zero-order valence-corrected chi connectivity index (χ0v) is 17.4. The van der Waals surface area contributed by atoms with Gasteiger partial charge in [-0.2, -0.15) is 4.31 Å². The summed E-state index contributed by atoms with van der Waals surface area (Å²) in [5, 5.41) is 4.12. The van der Waals surface area contributed by atoms with Gasteiger partial charge >= 0.3 is 0 Å². The molecule has 0 aliphatic carbocycles. The van der Waals surface area contributed by atoms with Gasteiger partial charge in [-0.15, -0.1) is 11.3 Å². The van der Waals surface area contributed by atoms with Crippen molar-refractivity contribution in [2.45, 2.75) is 30.7 Å². The number of pyridine rings is 1.